The molecule has 1 aliphatic heterocycles. The van der Waals surface area contributed by atoms with Crippen LogP contribution in [-0.4, -0.2) is 47.3 Å². The van der Waals surface area contributed by atoms with E-state index in [4.69, 9.17) is 11.6 Å². The monoisotopic (exact) mass is 218 g/mol. The third-order valence-electron chi connectivity index (χ3n) is 2.26. The fourth-order valence-electron chi connectivity index (χ4n) is 1.48. The highest BCUT2D eigenvalue weighted by molar-refractivity contribution is 6.17. The lowest BCUT2D eigenvalue weighted by Crippen LogP contribution is -2.33. The van der Waals surface area contributed by atoms with Gasteiger partial charge in [-0.15, -0.1) is 11.6 Å². The fourth-order valence-corrected chi connectivity index (χ4v) is 1.67. The van der Waals surface area contributed by atoms with Crippen molar-refractivity contribution >= 4 is 23.5 Å². The van der Waals surface area contributed by atoms with Gasteiger partial charge in [-0.2, -0.15) is 0 Å². The maximum atomic E-state index is 11.5. The van der Waals surface area contributed by atoms with Crippen molar-refractivity contribution in [1.29, 1.82) is 0 Å². The van der Waals surface area contributed by atoms with Crippen LogP contribution < -0.4 is 0 Å². The van der Waals surface area contributed by atoms with Crippen LogP contribution in [0.2, 0.25) is 0 Å². The highest BCUT2D eigenvalue weighted by Crippen LogP contribution is 2.10. The standard InChI is InChI=1S/C9H15ClN2O2/c1-2-12-8(13)7-11(9(12)14)6-4-3-5-10/h2-7H2,1H3. The number of urea groups is 1. The van der Waals surface area contributed by atoms with Crippen LogP contribution in [0.5, 0.6) is 0 Å². The molecule has 0 unspecified atom stereocenters. The summed E-state index contributed by atoms with van der Waals surface area (Å²) in [5, 5.41) is 0. The number of halogens is 1. The number of carbonyl (C=O) groups is 2. The van der Waals surface area contributed by atoms with Gasteiger partial charge in [0.2, 0.25) is 5.91 Å². The fraction of sp³-hybridized carbons (Fsp3) is 0.778. The van der Waals surface area contributed by atoms with Gasteiger partial charge < -0.3 is 4.90 Å². The number of likely N-dealkylation sites (N-methyl/N-ethyl adjacent to an activating group) is 1. The molecule has 0 radical (unpaired) electrons. The molecule has 0 aromatic heterocycles. The van der Waals surface area contributed by atoms with Crippen molar-refractivity contribution < 1.29 is 9.59 Å². The molecule has 1 rings (SSSR count). The van der Waals surface area contributed by atoms with Crippen LogP contribution in [0.1, 0.15) is 19.8 Å². The maximum Gasteiger partial charge on any atom is 0.327 e. The molecule has 1 aliphatic rings. The number of amides is 3. The molecule has 14 heavy (non-hydrogen) atoms. The molecule has 1 saturated heterocycles. The van der Waals surface area contributed by atoms with Crippen molar-refractivity contribution in [2.75, 3.05) is 25.5 Å². The molecule has 0 bridgehead atoms. The van der Waals surface area contributed by atoms with Gasteiger partial charge in [0.05, 0.1) is 0 Å². The van der Waals surface area contributed by atoms with E-state index in [1.807, 2.05) is 0 Å². The lowest BCUT2D eigenvalue weighted by Gasteiger charge is -2.15. The Morgan fingerprint density at radius 1 is 1.36 bits per heavy atom. The van der Waals surface area contributed by atoms with Gasteiger partial charge in [0.15, 0.2) is 0 Å². The van der Waals surface area contributed by atoms with Crippen molar-refractivity contribution in [2.45, 2.75) is 19.8 Å². The number of imide groups is 1. The highest BCUT2D eigenvalue weighted by atomic mass is 35.5. The van der Waals surface area contributed by atoms with Gasteiger partial charge >= 0.3 is 6.03 Å². The summed E-state index contributed by atoms with van der Waals surface area (Å²) in [6, 6.07) is -0.160. The van der Waals surface area contributed by atoms with Crippen LogP contribution in [-0.2, 0) is 4.79 Å². The summed E-state index contributed by atoms with van der Waals surface area (Å²) in [7, 11) is 0. The van der Waals surface area contributed by atoms with Crippen LogP contribution in [0, 0.1) is 0 Å². The van der Waals surface area contributed by atoms with Gasteiger partial charge in [-0.05, 0) is 19.8 Å². The van der Waals surface area contributed by atoms with E-state index in [0.29, 0.717) is 19.0 Å². The number of hydrogen-bond donors (Lipinski definition) is 0. The van der Waals surface area contributed by atoms with Crippen LogP contribution >= 0.6 is 11.6 Å². The van der Waals surface area contributed by atoms with Gasteiger partial charge in [-0.1, -0.05) is 0 Å². The molecule has 0 N–H and O–H groups in total. The SMILES string of the molecule is CCN1C(=O)CN(CCCCCl)C1=O. The Labute approximate surface area is 88.8 Å². The van der Waals surface area contributed by atoms with E-state index in [9.17, 15) is 9.59 Å². The summed E-state index contributed by atoms with van der Waals surface area (Å²) in [6.45, 7) is 3.13. The molecule has 0 atom stereocenters. The minimum atomic E-state index is -0.160. The minimum absolute atomic E-state index is 0.0941. The molecule has 1 fully saturated rings. The first kappa shape index (κ1) is 11.3. The Hall–Kier alpha value is -0.770. The lowest BCUT2D eigenvalue weighted by molar-refractivity contribution is -0.125. The molecular weight excluding hydrogens is 204 g/mol. The van der Waals surface area contributed by atoms with Crippen molar-refractivity contribution in [3.05, 3.63) is 0 Å². The predicted octanol–water partition coefficient (Wildman–Crippen LogP) is 1.29. The lowest BCUT2D eigenvalue weighted by atomic mass is 10.3. The normalized spacial score (nSPS) is 17.0. The Morgan fingerprint density at radius 2 is 2.07 bits per heavy atom. The minimum Gasteiger partial charge on any atom is -0.315 e. The number of rotatable bonds is 5. The van der Waals surface area contributed by atoms with Crippen LogP contribution in [0.15, 0.2) is 0 Å². The van der Waals surface area contributed by atoms with Gasteiger partial charge in [-0.25, -0.2) is 4.79 Å². The molecule has 0 aliphatic carbocycles. The Balaban J connectivity index is 2.41. The van der Waals surface area contributed by atoms with E-state index in [0.717, 1.165) is 12.8 Å². The molecule has 0 spiro atoms. The molecule has 5 heteroatoms. The molecule has 0 aromatic carbocycles. The van der Waals surface area contributed by atoms with Crippen molar-refractivity contribution in [3.8, 4) is 0 Å². The summed E-state index contributed by atoms with van der Waals surface area (Å²) in [4.78, 5) is 25.7. The molecule has 1 heterocycles. The number of carbonyl (C=O) groups excluding carboxylic acids is 2. The molecule has 3 amide bonds. The van der Waals surface area contributed by atoms with Gasteiger partial charge in [0, 0.05) is 19.0 Å². The largest absolute Gasteiger partial charge is 0.327 e. The average Bonchev–Trinajstić information content (AvgIpc) is 2.42. The van der Waals surface area contributed by atoms with E-state index in [1.165, 1.54) is 4.90 Å². The predicted molar refractivity (Wildman–Crippen MR) is 54.3 cm³/mol. The zero-order valence-corrected chi connectivity index (χ0v) is 9.09. The summed E-state index contributed by atoms with van der Waals surface area (Å²) in [6.07, 6.45) is 1.74. The Morgan fingerprint density at radius 3 is 2.57 bits per heavy atom. The number of alkyl halides is 1. The van der Waals surface area contributed by atoms with Gasteiger partial charge in [0.1, 0.15) is 6.54 Å². The Bertz CT molecular complexity index is 233. The first-order chi connectivity index (χ1) is 6.70. The maximum absolute atomic E-state index is 11.5. The quantitative estimate of drug-likeness (QED) is 0.396. The van der Waals surface area contributed by atoms with E-state index in [-0.39, 0.29) is 18.5 Å². The van der Waals surface area contributed by atoms with E-state index < -0.39 is 0 Å². The van der Waals surface area contributed by atoms with Crippen molar-refractivity contribution in [1.82, 2.24) is 9.80 Å². The first-order valence-corrected chi connectivity index (χ1v) is 5.39. The number of unbranched alkanes of at least 4 members (excludes halogenated alkanes) is 1. The van der Waals surface area contributed by atoms with Crippen LogP contribution in [0.3, 0.4) is 0 Å². The van der Waals surface area contributed by atoms with Gasteiger partial charge in [0.25, 0.3) is 0 Å². The molecule has 4 nitrogen and oxygen atoms in total. The molecule has 0 saturated carbocycles. The summed E-state index contributed by atoms with van der Waals surface area (Å²) < 4.78 is 0. The zero-order chi connectivity index (χ0) is 10.6. The number of nitrogens with zero attached hydrogens (tertiary/aromatic N) is 2. The highest BCUT2D eigenvalue weighted by Gasteiger charge is 2.33. The second-order valence-corrected chi connectivity index (χ2v) is 3.62. The smallest absolute Gasteiger partial charge is 0.315 e. The van der Waals surface area contributed by atoms with Crippen molar-refractivity contribution in [3.63, 3.8) is 0 Å². The third-order valence-corrected chi connectivity index (χ3v) is 2.52. The van der Waals surface area contributed by atoms with Gasteiger partial charge in [-0.3, -0.25) is 9.69 Å². The molecule has 80 valence electrons. The van der Waals surface area contributed by atoms with E-state index >= 15 is 0 Å². The summed E-state index contributed by atoms with van der Waals surface area (Å²) in [5.41, 5.74) is 0. The second kappa shape index (κ2) is 5.20. The number of hydrogen-bond acceptors (Lipinski definition) is 2. The van der Waals surface area contributed by atoms with Crippen molar-refractivity contribution in [2.24, 2.45) is 0 Å². The first-order valence-electron chi connectivity index (χ1n) is 4.86. The molecular formula is C9H15ClN2O2. The summed E-state index contributed by atoms with van der Waals surface area (Å²) >= 11 is 5.53. The van der Waals surface area contributed by atoms with Crippen LogP contribution in [0.4, 0.5) is 4.79 Å². The van der Waals surface area contributed by atoms with E-state index in [1.54, 1.807) is 11.8 Å². The third kappa shape index (κ3) is 2.38. The second-order valence-electron chi connectivity index (χ2n) is 3.24. The molecule has 0 aromatic rings. The summed E-state index contributed by atoms with van der Waals surface area (Å²) in [5.74, 6) is 0.511. The average molecular weight is 219 g/mol. The zero-order valence-electron chi connectivity index (χ0n) is 8.33. The van der Waals surface area contributed by atoms with E-state index in [2.05, 4.69) is 0 Å². The topological polar surface area (TPSA) is 40.6 Å². The van der Waals surface area contributed by atoms with Crippen LogP contribution in [0.25, 0.3) is 0 Å². The Kier molecular flexibility index (Phi) is 4.20.